The van der Waals surface area contributed by atoms with Crippen LogP contribution in [0.5, 0.6) is 5.75 Å². The number of anilines is 1. The summed E-state index contributed by atoms with van der Waals surface area (Å²) >= 11 is 1.24. The Morgan fingerprint density at radius 2 is 1.90 bits per heavy atom. The van der Waals surface area contributed by atoms with Crippen molar-refractivity contribution >= 4 is 45.3 Å². The zero-order valence-electron chi connectivity index (χ0n) is 18.1. The van der Waals surface area contributed by atoms with Crippen LogP contribution in [0.1, 0.15) is 11.1 Å². The highest BCUT2D eigenvalue weighted by Crippen LogP contribution is 2.29. The molecular weight excluding hydrogens is 412 g/mol. The molecular formula is C23H24N4O3S. The average Bonchev–Trinajstić information content (AvgIpc) is 3.03. The summed E-state index contributed by atoms with van der Waals surface area (Å²) in [4.78, 5) is 30.3. The van der Waals surface area contributed by atoms with E-state index in [1.54, 1.807) is 14.2 Å². The van der Waals surface area contributed by atoms with Crippen molar-refractivity contribution in [1.82, 2.24) is 14.1 Å². The van der Waals surface area contributed by atoms with Crippen LogP contribution in [-0.4, -0.2) is 32.9 Å². The first-order chi connectivity index (χ1) is 14.8. The third-order valence-electron chi connectivity index (χ3n) is 5.37. The van der Waals surface area contributed by atoms with E-state index in [1.807, 2.05) is 61.9 Å². The molecule has 4 rings (SSSR count). The molecule has 0 radical (unpaired) electrons. The number of hydrogen-bond donors (Lipinski definition) is 1. The molecule has 2 aromatic carbocycles. The molecule has 2 heterocycles. The van der Waals surface area contributed by atoms with Gasteiger partial charge >= 0.3 is 0 Å². The van der Waals surface area contributed by atoms with E-state index in [4.69, 9.17) is 9.72 Å². The molecule has 0 aliphatic rings. The number of carbonyl (C=O) groups is 1. The molecule has 0 saturated carbocycles. The molecule has 0 aliphatic carbocycles. The Morgan fingerprint density at radius 1 is 1.13 bits per heavy atom. The van der Waals surface area contributed by atoms with E-state index in [-0.39, 0.29) is 17.2 Å². The molecule has 1 amide bonds. The zero-order chi connectivity index (χ0) is 22.3. The molecule has 7 nitrogen and oxygen atoms in total. The van der Waals surface area contributed by atoms with Crippen LogP contribution in [0.4, 0.5) is 5.69 Å². The Morgan fingerprint density at radius 3 is 2.61 bits per heavy atom. The maximum absolute atomic E-state index is 13.1. The van der Waals surface area contributed by atoms with Gasteiger partial charge in [0.2, 0.25) is 5.91 Å². The summed E-state index contributed by atoms with van der Waals surface area (Å²) in [7, 11) is 5.14. The second-order valence-corrected chi connectivity index (χ2v) is 8.50. The molecule has 31 heavy (non-hydrogen) atoms. The molecule has 0 aliphatic heterocycles. The highest BCUT2D eigenvalue weighted by molar-refractivity contribution is 7.99. The smallest absolute Gasteiger partial charge is 0.278 e. The summed E-state index contributed by atoms with van der Waals surface area (Å²) in [6.07, 6.45) is 0. The molecule has 4 aromatic rings. The summed E-state index contributed by atoms with van der Waals surface area (Å²) in [5, 5.41) is 4.27. The van der Waals surface area contributed by atoms with Gasteiger partial charge in [0.1, 0.15) is 16.8 Å². The largest absolute Gasteiger partial charge is 0.497 e. The van der Waals surface area contributed by atoms with E-state index in [1.165, 1.54) is 16.3 Å². The first-order valence-corrected chi connectivity index (χ1v) is 10.8. The van der Waals surface area contributed by atoms with E-state index in [9.17, 15) is 9.59 Å². The first-order valence-electron chi connectivity index (χ1n) is 9.83. The monoisotopic (exact) mass is 436 g/mol. The Kier molecular flexibility index (Phi) is 5.49. The minimum absolute atomic E-state index is 0.146. The summed E-state index contributed by atoms with van der Waals surface area (Å²) in [6, 6.07) is 11.5. The summed E-state index contributed by atoms with van der Waals surface area (Å²) in [5.74, 6) is 0.697. The fourth-order valence-electron chi connectivity index (χ4n) is 3.70. The minimum Gasteiger partial charge on any atom is -0.497 e. The van der Waals surface area contributed by atoms with Crippen LogP contribution in [0.2, 0.25) is 0 Å². The van der Waals surface area contributed by atoms with Crippen molar-refractivity contribution in [1.29, 1.82) is 0 Å². The Hall–Kier alpha value is -3.26. The van der Waals surface area contributed by atoms with Gasteiger partial charge < -0.3 is 14.6 Å². The van der Waals surface area contributed by atoms with Gasteiger partial charge in [0, 0.05) is 25.2 Å². The van der Waals surface area contributed by atoms with Gasteiger partial charge in [-0.2, -0.15) is 0 Å². The molecule has 0 spiro atoms. The van der Waals surface area contributed by atoms with Crippen LogP contribution in [0.25, 0.3) is 21.9 Å². The molecule has 0 atom stereocenters. The van der Waals surface area contributed by atoms with E-state index in [2.05, 4.69) is 5.32 Å². The third kappa shape index (κ3) is 3.79. The van der Waals surface area contributed by atoms with Crippen molar-refractivity contribution in [2.45, 2.75) is 19.0 Å². The molecule has 0 fully saturated rings. The van der Waals surface area contributed by atoms with Gasteiger partial charge in [-0.3, -0.25) is 14.2 Å². The minimum atomic E-state index is -0.153. The van der Waals surface area contributed by atoms with Crippen molar-refractivity contribution in [3.8, 4) is 5.75 Å². The number of carbonyl (C=O) groups excluding carboxylic acids is 1. The molecule has 160 valence electrons. The highest BCUT2D eigenvalue weighted by atomic mass is 32.2. The van der Waals surface area contributed by atoms with Crippen molar-refractivity contribution in [2.24, 2.45) is 14.1 Å². The number of benzene rings is 2. The van der Waals surface area contributed by atoms with E-state index in [0.717, 1.165) is 27.7 Å². The number of methoxy groups -OCH3 is 1. The Bertz CT molecular complexity index is 1390. The van der Waals surface area contributed by atoms with Crippen LogP contribution in [0.3, 0.4) is 0 Å². The van der Waals surface area contributed by atoms with Gasteiger partial charge in [0.15, 0.2) is 5.16 Å². The number of nitrogens with zero attached hydrogens (tertiary/aromatic N) is 3. The predicted molar refractivity (Wildman–Crippen MR) is 125 cm³/mol. The van der Waals surface area contributed by atoms with E-state index >= 15 is 0 Å². The fraction of sp³-hybridized carbons (Fsp3) is 0.261. The maximum atomic E-state index is 13.1. The molecule has 0 bridgehead atoms. The van der Waals surface area contributed by atoms with Crippen molar-refractivity contribution in [3.63, 3.8) is 0 Å². The lowest BCUT2D eigenvalue weighted by molar-refractivity contribution is -0.113. The zero-order valence-corrected chi connectivity index (χ0v) is 19.0. The Labute approximate surface area is 184 Å². The molecule has 8 heteroatoms. The number of thioether (sulfide) groups is 1. The summed E-state index contributed by atoms with van der Waals surface area (Å²) < 4.78 is 8.68. The number of aryl methyl sites for hydroxylation is 3. The van der Waals surface area contributed by atoms with Crippen molar-refractivity contribution in [2.75, 3.05) is 18.2 Å². The van der Waals surface area contributed by atoms with Crippen LogP contribution in [-0.2, 0) is 18.9 Å². The van der Waals surface area contributed by atoms with Gasteiger partial charge in [0.25, 0.3) is 5.56 Å². The van der Waals surface area contributed by atoms with Crippen LogP contribution < -0.4 is 15.6 Å². The highest BCUT2D eigenvalue weighted by Gasteiger charge is 2.18. The quantitative estimate of drug-likeness (QED) is 0.381. The lowest BCUT2D eigenvalue weighted by atomic mass is 10.1. The summed E-state index contributed by atoms with van der Waals surface area (Å²) in [5.41, 5.74) is 4.82. The van der Waals surface area contributed by atoms with Gasteiger partial charge in [-0.05, 0) is 43.7 Å². The second kappa shape index (κ2) is 8.11. The average molecular weight is 437 g/mol. The van der Waals surface area contributed by atoms with Crippen molar-refractivity contribution < 1.29 is 9.53 Å². The number of fused-ring (bicyclic) bond motifs is 3. The third-order valence-corrected chi connectivity index (χ3v) is 6.40. The van der Waals surface area contributed by atoms with E-state index < -0.39 is 0 Å². The fourth-order valence-corrected chi connectivity index (χ4v) is 4.47. The lowest BCUT2D eigenvalue weighted by Crippen LogP contribution is -2.22. The number of ether oxygens (including phenoxy) is 1. The van der Waals surface area contributed by atoms with Crippen molar-refractivity contribution in [3.05, 3.63) is 57.9 Å². The number of rotatable bonds is 5. The normalized spacial score (nSPS) is 11.3. The molecule has 2 aromatic heterocycles. The molecule has 0 saturated heterocycles. The van der Waals surface area contributed by atoms with Gasteiger partial charge in [-0.1, -0.05) is 29.5 Å². The predicted octanol–water partition coefficient (Wildman–Crippen LogP) is 3.78. The number of amides is 1. The van der Waals surface area contributed by atoms with Crippen LogP contribution in [0, 0.1) is 13.8 Å². The topological polar surface area (TPSA) is 78.2 Å². The molecule has 1 N–H and O–H groups in total. The van der Waals surface area contributed by atoms with E-state index in [0.29, 0.717) is 21.9 Å². The lowest BCUT2D eigenvalue weighted by Gasteiger charge is -2.10. The van der Waals surface area contributed by atoms with Gasteiger partial charge in [-0.25, -0.2) is 4.98 Å². The Balaban J connectivity index is 1.66. The maximum Gasteiger partial charge on any atom is 0.278 e. The van der Waals surface area contributed by atoms with Crippen LogP contribution >= 0.6 is 11.8 Å². The summed E-state index contributed by atoms with van der Waals surface area (Å²) in [6.45, 7) is 3.98. The standard InChI is InChI=1S/C23H24N4O3S/c1-13-6-8-17(14(2)10-13)24-19(28)12-31-23-25-20-16-11-15(30-5)7-9-18(16)26(3)21(20)22(29)27(23)4/h6-11H,12H2,1-5H3,(H,24,28). The first kappa shape index (κ1) is 21.0. The number of aromatic nitrogens is 3. The van der Waals surface area contributed by atoms with Gasteiger partial charge in [0.05, 0.1) is 18.4 Å². The number of hydrogen-bond acceptors (Lipinski definition) is 5. The second-order valence-electron chi connectivity index (χ2n) is 7.55. The van der Waals surface area contributed by atoms with Crippen LogP contribution in [0.15, 0.2) is 46.3 Å². The SMILES string of the molecule is COc1ccc2c(c1)c1nc(SCC(=O)Nc3ccc(C)cc3C)n(C)c(=O)c1n2C. The van der Waals surface area contributed by atoms with Gasteiger partial charge in [-0.15, -0.1) is 0 Å². The molecule has 0 unspecified atom stereocenters. The number of nitrogens with one attached hydrogen (secondary N) is 1.